The molecule has 2 aliphatic rings. The van der Waals surface area contributed by atoms with E-state index in [9.17, 15) is 9.59 Å². The van der Waals surface area contributed by atoms with E-state index < -0.39 is 0 Å². The van der Waals surface area contributed by atoms with Crippen molar-refractivity contribution < 1.29 is 9.59 Å². The molecule has 1 heterocycles. The summed E-state index contributed by atoms with van der Waals surface area (Å²) in [5.74, 6) is 0.658. The Bertz CT molecular complexity index is 659. The summed E-state index contributed by atoms with van der Waals surface area (Å²) in [5.41, 5.74) is 7.16. The Morgan fingerprint density at radius 3 is 2.48 bits per heavy atom. The molecule has 0 unspecified atom stereocenters. The van der Waals surface area contributed by atoms with Gasteiger partial charge in [-0.25, -0.2) is 0 Å². The van der Waals surface area contributed by atoms with Gasteiger partial charge in [0.2, 0.25) is 5.91 Å². The zero-order valence-corrected chi connectivity index (χ0v) is 16.5. The molecule has 2 amide bonds. The second-order valence-corrected chi connectivity index (χ2v) is 8.51. The van der Waals surface area contributed by atoms with Crippen molar-refractivity contribution in [2.24, 2.45) is 17.1 Å². The van der Waals surface area contributed by atoms with Crippen LogP contribution in [-0.2, 0) is 4.79 Å². The van der Waals surface area contributed by atoms with Gasteiger partial charge in [0.05, 0.1) is 11.3 Å². The molecule has 148 valence electrons. The fourth-order valence-electron chi connectivity index (χ4n) is 4.45. The van der Waals surface area contributed by atoms with Crippen LogP contribution >= 0.6 is 0 Å². The lowest BCUT2D eigenvalue weighted by atomic mass is 9.71. The highest BCUT2D eigenvalue weighted by molar-refractivity contribution is 6.03. The Kier molecular flexibility index (Phi) is 6.53. The number of likely N-dealkylation sites (tertiary alicyclic amines) is 1. The molecule has 0 atom stereocenters. The minimum Gasteiger partial charge on any atom is -0.339 e. The molecule has 5 nitrogen and oxygen atoms in total. The third-order valence-corrected chi connectivity index (χ3v) is 6.39. The summed E-state index contributed by atoms with van der Waals surface area (Å²) >= 11 is 0. The van der Waals surface area contributed by atoms with E-state index in [2.05, 4.69) is 12.2 Å². The van der Waals surface area contributed by atoms with Gasteiger partial charge in [-0.05, 0) is 55.7 Å². The molecule has 0 spiro atoms. The van der Waals surface area contributed by atoms with Crippen LogP contribution in [0.15, 0.2) is 24.3 Å². The molecule has 0 aromatic heterocycles. The summed E-state index contributed by atoms with van der Waals surface area (Å²) in [7, 11) is 0. The topological polar surface area (TPSA) is 75.4 Å². The van der Waals surface area contributed by atoms with Gasteiger partial charge >= 0.3 is 0 Å². The molecule has 0 bridgehead atoms. The number of nitrogens with two attached hydrogens (primary N) is 1. The van der Waals surface area contributed by atoms with Crippen LogP contribution in [0.3, 0.4) is 0 Å². The first-order chi connectivity index (χ1) is 13.0. The average molecular weight is 372 g/mol. The summed E-state index contributed by atoms with van der Waals surface area (Å²) in [4.78, 5) is 27.6. The highest BCUT2D eigenvalue weighted by Gasteiger charge is 2.33. The fourth-order valence-corrected chi connectivity index (χ4v) is 4.45. The number of amides is 2. The van der Waals surface area contributed by atoms with E-state index >= 15 is 0 Å². The first-order valence-corrected chi connectivity index (χ1v) is 10.4. The van der Waals surface area contributed by atoms with Gasteiger partial charge in [-0.1, -0.05) is 38.3 Å². The predicted molar refractivity (Wildman–Crippen MR) is 109 cm³/mol. The second kappa shape index (κ2) is 8.87. The van der Waals surface area contributed by atoms with Gasteiger partial charge in [0, 0.05) is 19.5 Å². The monoisotopic (exact) mass is 371 g/mol. The van der Waals surface area contributed by atoms with Crippen LogP contribution in [0.4, 0.5) is 5.69 Å². The number of rotatable bonds is 5. The molecule has 3 rings (SSSR count). The predicted octanol–water partition coefficient (Wildman–Crippen LogP) is 3.80. The SMILES string of the molecule is CC1CCN(C(=O)c2ccccc2NC(=O)CC2(CN)CCCCC2)CC1. The number of hydrogen-bond donors (Lipinski definition) is 2. The van der Waals surface area contributed by atoms with Crippen molar-refractivity contribution in [3.8, 4) is 0 Å². The Morgan fingerprint density at radius 2 is 1.81 bits per heavy atom. The smallest absolute Gasteiger partial charge is 0.255 e. The Hall–Kier alpha value is -1.88. The van der Waals surface area contributed by atoms with Crippen molar-refractivity contribution in [1.82, 2.24) is 4.90 Å². The maximum atomic E-state index is 13.0. The third-order valence-electron chi connectivity index (χ3n) is 6.39. The van der Waals surface area contributed by atoms with E-state index in [1.165, 1.54) is 6.42 Å². The molecule has 1 saturated carbocycles. The lowest BCUT2D eigenvalue weighted by Gasteiger charge is -2.35. The highest BCUT2D eigenvalue weighted by atomic mass is 16.2. The molecule has 2 fully saturated rings. The van der Waals surface area contributed by atoms with Gasteiger partial charge in [0.1, 0.15) is 0 Å². The molecule has 1 aromatic rings. The summed E-state index contributed by atoms with van der Waals surface area (Å²) in [5, 5.41) is 3.00. The van der Waals surface area contributed by atoms with Gasteiger partial charge in [-0.2, -0.15) is 0 Å². The molecule has 1 aromatic carbocycles. The van der Waals surface area contributed by atoms with Crippen LogP contribution in [0.25, 0.3) is 0 Å². The van der Waals surface area contributed by atoms with Crippen molar-refractivity contribution >= 4 is 17.5 Å². The van der Waals surface area contributed by atoms with Gasteiger partial charge in [-0.15, -0.1) is 0 Å². The molecule has 27 heavy (non-hydrogen) atoms. The largest absolute Gasteiger partial charge is 0.339 e. The molecule has 0 radical (unpaired) electrons. The zero-order chi connectivity index (χ0) is 19.3. The summed E-state index contributed by atoms with van der Waals surface area (Å²) in [6, 6.07) is 7.37. The Balaban J connectivity index is 1.68. The molecule has 1 aliphatic carbocycles. The van der Waals surface area contributed by atoms with E-state index in [-0.39, 0.29) is 17.2 Å². The lowest BCUT2D eigenvalue weighted by molar-refractivity contribution is -0.118. The number of piperidine rings is 1. The summed E-state index contributed by atoms with van der Waals surface area (Å²) < 4.78 is 0. The van der Waals surface area contributed by atoms with E-state index in [0.29, 0.717) is 30.1 Å². The minimum atomic E-state index is -0.0791. The number of benzene rings is 1. The van der Waals surface area contributed by atoms with Crippen LogP contribution in [0, 0.1) is 11.3 Å². The molecule has 1 aliphatic heterocycles. The number of nitrogens with one attached hydrogen (secondary N) is 1. The lowest BCUT2D eigenvalue weighted by Crippen LogP contribution is -2.39. The molecule has 3 N–H and O–H groups in total. The average Bonchev–Trinajstić information content (AvgIpc) is 2.69. The van der Waals surface area contributed by atoms with Crippen LogP contribution in [0.1, 0.15) is 68.6 Å². The van der Waals surface area contributed by atoms with Crippen molar-refractivity contribution in [2.45, 2.75) is 58.3 Å². The first kappa shape index (κ1) is 19.9. The van der Waals surface area contributed by atoms with Gasteiger partial charge in [-0.3, -0.25) is 9.59 Å². The molecule has 5 heteroatoms. The van der Waals surface area contributed by atoms with Gasteiger partial charge < -0.3 is 16.0 Å². The van der Waals surface area contributed by atoms with E-state index in [0.717, 1.165) is 51.6 Å². The fraction of sp³-hybridized carbons (Fsp3) is 0.636. The normalized spacial score (nSPS) is 20.3. The maximum absolute atomic E-state index is 13.0. The van der Waals surface area contributed by atoms with Gasteiger partial charge in [0.25, 0.3) is 5.91 Å². The van der Waals surface area contributed by atoms with Crippen LogP contribution in [0.5, 0.6) is 0 Å². The van der Waals surface area contributed by atoms with Crippen LogP contribution < -0.4 is 11.1 Å². The zero-order valence-electron chi connectivity index (χ0n) is 16.5. The second-order valence-electron chi connectivity index (χ2n) is 8.51. The standard InChI is InChI=1S/C22H33N3O2/c1-17-9-13-25(14-10-17)21(27)18-7-3-4-8-19(18)24-20(26)15-22(16-23)11-5-2-6-12-22/h3-4,7-8,17H,2,5-6,9-16,23H2,1H3,(H,24,26). The van der Waals surface area contributed by atoms with Crippen molar-refractivity contribution in [3.63, 3.8) is 0 Å². The van der Waals surface area contributed by atoms with Gasteiger partial charge in [0.15, 0.2) is 0 Å². The molecular formula is C22H33N3O2. The molecule has 1 saturated heterocycles. The van der Waals surface area contributed by atoms with E-state index in [1.807, 2.05) is 29.2 Å². The van der Waals surface area contributed by atoms with Crippen LogP contribution in [-0.4, -0.2) is 36.3 Å². The summed E-state index contributed by atoms with van der Waals surface area (Å²) in [6.45, 7) is 4.36. The van der Waals surface area contributed by atoms with Crippen molar-refractivity contribution in [1.29, 1.82) is 0 Å². The number of anilines is 1. The molecular weight excluding hydrogens is 338 g/mol. The summed E-state index contributed by atoms with van der Waals surface area (Å²) in [6.07, 6.45) is 8.08. The number of carbonyl (C=O) groups excluding carboxylic acids is 2. The Labute approximate surface area is 162 Å². The Morgan fingerprint density at radius 1 is 1.15 bits per heavy atom. The van der Waals surface area contributed by atoms with E-state index in [1.54, 1.807) is 0 Å². The minimum absolute atomic E-state index is 0.0176. The third kappa shape index (κ3) is 4.89. The first-order valence-electron chi connectivity index (χ1n) is 10.4. The van der Waals surface area contributed by atoms with Crippen molar-refractivity contribution in [2.75, 3.05) is 25.0 Å². The quantitative estimate of drug-likeness (QED) is 0.827. The van der Waals surface area contributed by atoms with E-state index in [4.69, 9.17) is 5.73 Å². The number of carbonyl (C=O) groups is 2. The maximum Gasteiger partial charge on any atom is 0.255 e. The van der Waals surface area contributed by atoms with Crippen LogP contribution in [0.2, 0.25) is 0 Å². The number of nitrogens with zero attached hydrogens (tertiary/aromatic N) is 1. The van der Waals surface area contributed by atoms with Crippen molar-refractivity contribution in [3.05, 3.63) is 29.8 Å². The highest BCUT2D eigenvalue weighted by Crippen LogP contribution is 2.38. The number of para-hydroxylation sites is 1. The number of hydrogen-bond acceptors (Lipinski definition) is 3.